The lowest BCUT2D eigenvalue weighted by atomic mass is 9.90. The quantitative estimate of drug-likeness (QED) is 0.0250. The zero-order valence-corrected chi connectivity index (χ0v) is 33.2. The van der Waals surface area contributed by atoms with Crippen molar-refractivity contribution in [2.45, 2.75) is 180 Å². The van der Waals surface area contributed by atoms with E-state index in [9.17, 15) is 24.1 Å². The Labute approximate surface area is 314 Å². The van der Waals surface area contributed by atoms with Gasteiger partial charge in [-0.05, 0) is 44.1 Å². The molecule has 0 saturated heterocycles. The van der Waals surface area contributed by atoms with Crippen molar-refractivity contribution in [1.82, 2.24) is 0 Å². The summed E-state index contributed by atoms with van der Waals surface area (Å²) >= 11 is 0. The lowest BCUT2D eigenvalue weighted by molar-refractivity contribution is -0.161. The van der Waals surface area contributed by atoms with Crippen LogP contribution in [0.4, 0.5) is 0 Å². The number of esters is 2. The van der Waals surface area contributed by atoms with Crippen LogP contribution >= 0.6 is 7.82 Å². The number of unbranched alkanes of at least 4 members (excludes halogenated alkanes) is 17. The first-order valence-electron chi connectivity index (χ1n) is 20.3. The molecule has 0 spiro atoms. The molecule has 52 heavy (non-hydrogen) atoms. The molecule has 1 aliphatic rings. The molecule has 300 valence electrons. The molecular formula is C41H71O10P. The van der Waals surface area contributed by atoms with Crippen LogP contribution in [-0.4, -0.2) is 58.0 Å². The van der Waals surface area contributed by atoms with Gasteiger partial charge in [0.25, 0.3) is 0 Å². The predicted molar refractivity (Wildman–Crippen MR) is 206 cm³/mol. The number of aliphatic hydroxyl groups excluding tert-OH is 1. The predicted octanol–water partition coefficient (Wildman–Crippen LogP) is 9.80. The molecule has 4 atom stereocenters. The number of ether oxygens (including phenoxy) is 2. The highest BCUT2D eigenvalue weighted by molar-refractivity contribution is 7.46. The van der Waals surface area contributed by atoms with Gasteiger partial charge in [0.15, 0.2) is 11.9 Å². The van der Waals surface area contributed by atoms with E-state index in [1.165, 1.54) is 70.6 Å². The fraction of sp³-hybridized carbons (Fsp3) is 0.780. The molecule has 0 aromatic rings. The van der Waals surface area contributed by atoms with Gasteiger partial charge >= 0.3 is 19.8 Å². The van der Waals surface area contributed by atoms with E-state index in [1.807, 2.05) is 24.3 Å². The largest absolute Gasteiger partial charge is 0.469 e. The van der Waals surface area contributed by atoms with Crippen LogP contribution in [-0.2, 0) is 32.9 Å². The van der Waals surface area contributed by atoms with Gasteiger partial charge in [-0.2, -0.15) is 0 Å². The van der Waals surface area contributed by atoms with Crippen LogP contribution in [0.2, 0.25) is 0 Å². The zero-order valence-electron chi connectivity index (χ0n) is 32.3. The molecule has 0 aromatic heterocycles. The third-order valence-corrected chi connectivity index (χ3v) is 9.89. The lowest BCUT2D eigenvalue weighted by Crippen LogP contribution is -2.29. The van der Waals surface area contributed by atoms with E-state index in [2.05, 4.69) is 18.4 Å². The average Bonchev–Trinajstić information content (AvgIpc) is 3.46. The van der Waals surface area contributed by atoms with Gasteiger partial charge in [0.05, 0.1) is 12.7 Å². The summed E-state index contributed by atoms with van der Waals surface area (Å²) in [4.78, 5) is 55.3. The van der Waals surface area contributed by atoms with Crippen molar-refractivity contribution in [2.24, 2.45) is 11.8 Å². The van der Waals surface area contributed by atoms with E-state index >= 15 is 0 Å². The minimum Gasteiger partial charge on any atom is -0.462 e. The number of phosphoric ester groups is 1. The van der Waals surface area contributed by atoms with Crippen LogP contribution in [0.1, 0.15) is 168 Å². The molecule has 3 N–H and O–H groups in total. The molecule has 0 fully saturated rings. The van der Waals surface area contributed by atoms with Crippen molar-refractivity contribution in [2.75, 3.05) is 13.2 Å². The molecule has 0 heterocycles. The van der Waals surface area contributed by atoms with Crippen molar-refractivity contribution in [3.05, 3.63) is 36.5 Å². The molecule has 1 aliphatic carbocycles. The summed E-state index contributed by atoms with van der Waals surface area (Å²) in [5, 5.41) is 10.2. The summed E-state index contributed by atoms with van der Waals surface area (Å²) in [7, 11) is -4.81. The number of aliphatic hydroxyl groups is 1. The number of carbonyl (C=O) groups is 3. The molecule has 0 unspecified atom stereocenters. The highest BCUT2D eigenvalue weighted by Gasteiger charge is 2.27. The lowest BCUT2D eigenvalue weighted by Gasteiger charge is -2.18. The molecule has 11 heteroatoms. The maximum atomic E-state index is 12.5. The second-order valence-corrected chi connectivity index (χ2v) is 15.5. The van der Waals surface area contributed by atoms with E-state index in [4.69, 9.17) is 19.3 Å². The van der Waals surface area contributed by atoms with Gasteiger partial charge in [0.2, 0.25) is 0 Å². The Balaban J connectivity index is 2.26. The smallest absolute Gasteiger partial charge is 0.462 e. The highest BCUT2D eigenvalue weighted by atomic mass is 31.2. The molecule has 10 nitrogen and oxygen atoms in total. The minimum atomic E-state index is -4.81. The summed E-state index contributed by atoms with van der Waals surface area (Å²) in [6.45, 7) is 3.42. The Morgan fingerprint density at radius 3 is 1.92 bits per heavy atom. The fourth-order valence-corrected chi connectivity index (χ4v) is 6.61. The Kier molecular flexibility index (Phi) is 28.8. The first-order valence-corrected chi connectivity index (χ1v) is 21.9. The van der Waals surface area contributed by atoms with E-state index < -0.39 is 38.6 Å². The third kappa shape index (κ3) is 27.5. The Morgan fingerprint density at radius 1 is 0.769 bits per heavy atom. The van der Waals surface area contributed by atoms with Gasteiger partial charge < -0.3 is 24.4 Å². The number of rotatable bonds is 34. The van der Waals surface area contributed by atoms with E-state index in [0.29, 0.717) is 32.1 Å². The first-order chi connectivity index (χ1) is 25.1. The van der Waals surface area contributed by atoms with Gasteiger partial charge in [-0.25, -0.2) is 4.57 Å². The van der Waals surface area contributed by atoms with Crippen molar-refractivity contribution in [3.63, 3.8) is 0 Å². The van der Waals surface area contributed by atoms with Crippen molar-refractivity contribution in [1.29, 1.82) is 0 Å². The summed E-state index contributed by atoms with van der Waals surface area (Å²) in [5.74, 6) is -1.27. The monoisotopic (exact) mass is 754 g/mol. The molecule has 0 bridgehead atoms. The van der Waals surface area contributed by atoms with Gasteiger partial charge in [0.1, 0.15) is 6.61 Å². The molecule has 0 aromatic carbocycles. The van der Waals surface area contributed by atoms with Crippen LogP contribution in [0.15, 0.2) is 36.5 Å². The summed E-state index contributed by atoms with van der Waals surface area (Å²) in [6.07, 6.45) is 33.5. The van der Waals surface area contributed by atoms with Crippen LogP contribution in [0, 0.1) is 11.8 Å². The van der Waals surface area contributed by atoms with E-state index in [0.717, 1.165) is 38.5 Å². The first kappa shape index (κ1) is 47.9. The third-order valence-electron chi connectivity index (χ3n) is 9.41. The van der Waals surface area contributed by atoms with Crippen molar-refractivity contribution in [3.8, 4) is 0 Å². The standard InChI is InChI=1S/C41H71O10P/c1-3-5-7-8-9-10-11-12-13-14-15-16-17-18-23-27-40(44)49-33-37(34-50-52(46,47)48)51-41(45)28-24-20-19-22-25-35-29-32-39(43)38(35)31-30-36(42)26-21-6-4-2/h19,22,29-32,35-38,42H,3-18,20-21,23-28,33-34H2,1-2H3,(H2,46,47,48)/b22-19-,31-30+/t35-,36-,37+,38+/m0/s1. The molecule has 0 aliphatic heterocycles. The Bertz CT molecular complexity index is 1080. The Morgan fingerprint density at radius 2 is 1.33 bits per heavy atom. The van der Waals surface area contributed by atoms with E-state index in [1.54, 1.807) is 12.2 Å². The molecule has 0 amide bonds. The summed E-state index contributed by atoms with van der Waals surface area (Å²) in [6, 6.07) is 0. The van der Waals surface area contributed by atoms with Gasteiger partial charge in [-0.1, -0.05) is 153 Å². The SMILES string of the molecule is CCCCCCCCCCCCCCCCCC(=O)OC[C@H](COP(=O)(O)O)OC(=O)CCC/C=C\C[C@H]1C=CC(=O)[C@@H]1/C=C/[C@@H](O)CCCCC. The molecular weight excluding hydrogens is 683 g/mol. The van der Waals surface area contributed by atoms with Gasteiger partial charge in [-0.3, -0.25) is 18.9 Å². The van der Waals surface area contributed by atoms with Gasteiger partial charge in [0, 0.05) is 18.8 Å². The second-order valence-electron chi connectivity index (χ2n) is 14.3. The van der Waals surface area contributed by atoms with Gasteiger partial charge in [-0.15, -0.1) is 0 Å². The number of carbonyl (C=O) groups excluding carboxylic acids is 3. The maximum absolute atomic E-state index is 12.5. The highest BCUT2D eigenvalue weighted by Crippen LogP contribution is 2.36. The number of hydrogen-bond acceptors (Lipinski definition) is 8. The minimum absolute atomic E-state index is 0.0181. The van der Waals surface area contributed by atoms with Crippen LogP contribution in [0.25, 0.3) is 0 Å². The summed E-state index contributed by atoms with van der Waals surface area (Å²) < 4.78 is 26.3. The number of hydrogen-bond donors (Lipinski definition) is 3. The Hall–Kier alpha value is -2.10. The normalized spacial score (nSPS) is 17.4. The van der Waals surface area contributed by atoms with Crippen LogP contribution in [0.5, 0.6) is 0 Å². The summed E-state index contributed by atoms with van der Waals surface area (Å²) in [5.41, 5.74) is 0. The molecule has 0 radical (unpaired) electrons. The van der Waals surface area contributed by atoms with Crippen LogP contribution in [0.3, 0.4) is 0 Å². The zero-order chi connectivity index (χ0) is 38.3. The molecule has 0 saturated carbocycles. The maximum Gasteiger partial charge on any atom is 0.469 e. The van der Waals surface area contributed by atoms with Crippen LogP contribution < -0.4 is 0 Å². The fourth-order valence-electron chi connectivity index (χ4n) is 6.25. The molecule has 1 rings (SSSR count). The second kappa shape index (κ2) is 31.3. The number of allylic oxidation sites excluding steroid dienone is 5. The topological polar surface area (TPSA) is 157 Å². The van der Waals surface area contributed by atoms with Crippen molar-refractivity contribution < 1.29 is 47.8 Å². The number of ketones is 1. The van der Waals surface area contributed by atoms with Crippen molar-refractivity contribution >= 4 is 25.5 Å². The number of phosphoric acid groups is 1. The average molecular weight is 755 g/mol. The van der Waals surface area contributed by atoms with E-state index in [-0.39, 0.29) is 37.1 Å².